The van der Waals surface area contributed by atoms with Gasteiger partial charge in [-0.3, -0.25) is 0 Å². The third-order valence-corrected chi connectivity index (χ3v) is 1.41. The minimum atomic E-state index is 1.07. The minimum Gasteiger partial charge on any atom is -0.0915 e. The second-order valence-electron chi connectivity index (χ2n) is 2.40. The molecule has 0 aliphatic heterocycles. The van der Waals surface area contributed by atoms with Gasteiger partial charge in [0.1, 0.15) is 0 Å². The molecule has 0 aromatic heterocycles. The number of hydrogen-bond acceptors (Lipinski definition) is 0. The summed E-state index contributed by atoms with van der Waals surface area (Å²) in [7, 11) is 0. The van der Waals surface area contributed by atoms with Gasteiger partial charge in [0, 0.05) is 0 Å². The van der Waals surface area contributed by atoms with Crippen LogP contribution in [0.25, 0.3) is 0 Å². The molecule has 0 radical (unpaired) electrons. The summed E-state index contributed by atoms with van der Waals surface area (Å²) in [6, 6.07) is 0. The Bertz CT molecular complexity index is 202. The summed E-state index contributed by atoms with van der Waals surface area (Å²) in [6.07, 6.45) is 10.1. The molecule has 0 spiro atoms. The lowest BCUT2D eigenvalue weighted by Crippen LogP contribution is -1.76. The Labute approximate surface area is 69.6 Å². The molecule has 0 rings (SSSR count). The van der Waals surface area contributed by atoms with E-state index in [4.69, 9.17) is 0 Å². The van der Waals surface area contributed by atoms with Crippen molar-refractivity contribution in [3.8, 4) is 0 Å². The van der Waals surface area contributed by atoms with Crippen LogP contribution in [0.5, 0.6) is 0 Å². The lowest BCUT2D eigenvalue weighted by Gasteiger charge is -1.96. The third kappa shape index (κ3) is 4.38. The Morgan fingerprint density at radius 2 is 1.82 bits per heavy atom. The fourth-order valence-corrected chi connectivity index (χ4v) is 0.680. The van der Waals surface area contributed by atoms with Crippen LogP contribution in [0.15, 0.2) is 48.1 Å². The lowest BCUT2D eigenvalue weighted by atomic mass is 10.1. The first kappa shape index (κ1) is 9.96. The van der Waals surface area contributed by atoms with Gasteiger partial charge >= 0.3 is 0 Å². The van der Waals surface area contributed by atoms with E-state index in [-0.39, 0.29) is 0 Å². The number of rotatable bonds is 3. The monoisotopic (exact) mass is 148 g/mol. The van der Waals surface area contributed by atoms with Crippen molar-refractivity contribution < 1.29 is 0 Å². The number of hydrogen-bond donors (Lipinski definition) is 0. The van der Waals surface area contributed by atoms with E-state index < -0.39 is 0 Å². The van der Waals surface area contributed by atoms with Crippen LogP contribution in [0.3, 0.4) is 0 Å². The standard InChI is InChI=1S/C11H16/c1-5-7-9-11(4)10(3)8-6-2/h5-9H,3H2,1-2,4H3/b7-5-,8-6-,11-9+. The van der Waals surface area contributed by atoms with Crippen LogP contribution in [0.4, 0.5) is 0 Å². The molecule has 0 N–H and O–H groups in total. The Balaban J connectivity index is 4.23. The average Bonchev–Trinajstić information content (AvgIpc) is 2.00. The zero-order chi connectivity index (χ0) is 8.69. The fraction of sp³-hybridized carbons (Fsp3) is 0.273. The molecule has 0 heterocycles. The average molecular weight is 148 g/mol. The molecule has 0 unspecified atom stereocenters. The highest BCUT2D eigenvalue weighted by molar-refractivity contribution is 5.37. The molecule has 0 bridgehead atoms. The highest BCUT2D eigenvalue weighted by Gasteiger charge is 1.87. The summed E-state index contributed by atoms with van der Waals surface area (Å²) in [5.41, 5.74) is 2.28. The van der Waals surface area contributed by atoms with Crippen LogP contribution in [0, 0.1) is 0 Å². The fourth-order valence-electron chi connectivity index (χ4n) is 0.680. The van der Waals surface area contributed by atoms with Crippen LogP contribution >= 0.6 is 0 Å². The van der Waals surface area contributed by atoms with Crippen molar-refractivity contribution >= 4 is 0 Å². The van der Waals surface area contributed by atoms with Crippen LogP contribution in [-0.4, -0.2) is 0 Å². The van der Waals surface area contributed by atoms with Crippen molar-refractivity contribution in [3.63, 3.8) is 0 Å². The van der Waals surface area contributed by atoms with Gasteiger partial charge in [0.05, 0.1) is 0 Å². The quantitative estimate of drug-likeness (QED) is 0.536. The smallest absolute Gasteiger partial charge is 0.0303 e. The van der Waals surface area contributed by atoms with Gasteiger partial charge in [-0.05, 0) is 31.9 Å². The first-order chi connectivity index (χ1) is 5.22. The molecule has 0 aromatic rings. The van der Waals surface area contributed by atoms with E-state index in [1.165, 1.54) is 5.57 Å². The Morgan fingerprint density at radius 3 is 2.27 bits per heavy atom. The molecule has 0 fully saturated rings. The first-order valence-corrected chi connectivity index (χ1v) is 3.84. The van der Waals surface area contributed by atoms with Gasteiger partial charge in [0.25, 0.3) is 0 Å². The van der Waals surface area contributed by atoms with Gasteiger partial charge in [-0.1, -0.05) is 37.0 Å². The molecule has 0 aliphatic carbocycles. The van der Waals surface area contributed by atoms with Crippen LogP contribution in [0.2, 0.25) is 0 Å². The van der Waals surface area contributed by atoms with Gasteiger partial charge in [0.2, 0.25) is 0 Å². The third-order valence-electron chi connectivity index (χ3n) is 1.41. The largest absolute Gasteiger partial charge is 0.0915 e. The topological polar surface area (TPSA) is 0 Å². The van der Waals surface area contributed by atoms with Crippen molar-refractivity contribution in [2.75, 3.05) is 0 Å². The van der Waals surface area contributed by atoms with Gasteiger partial charge < -0.3 is 0 Å². The van der Waals surface area contributed by atoms with Crippen LogP contribution < -0.4 is 0 Å². The molecular formula is C11H16. The zero-order valence-corrected chi connectivity index (χ0v) is 7.59. The van der Waals surface area contributed by atoms with Gasteiger partial charge in [0.15, 0.2) is 0 Å². The van der Waals surface area contributed by atoms with Gasteiger partial charge in [-0.2, -0.15) is 0 Å². The molecular weight excluding hydrogens is 132 g/mol. The van der Waals surface area contributed by atoms with E-state index in [2.05, 4.69) is 19.6 Å². The van der Waals surface area contributed by atoms with Crippen molar-refractivity contribution in [1.29, 1.82) is 0 Å². The Hall–Kier alpha value is -1.04. The summed E-state index contributed by atoms with van der Waals surface area (Å²) in [5.74, 6) is 0. The van der Waals surface area contributed by atoms with E-state index in [9.17, 15) is 0 Å². The molecule has 11 heavy (non-hydrogen) atoms. The normalized spacial score (nSPS) is 13.2. The molecule has 0 atom stereocenters. The summed E-state index contributed by atoms with van der Waals surface area (Å²) in [4.78, 5) is 0. The van der Waals surface area contributed by atoms with Gasteiger partial charge in [-0.15, -0.1) is 0 Å². The van der Waals surface area contributed by atoms with E-state index in [1.807, 2.05) is 38.2 Å². The zero-order valence-electron chi connectivity index (χ0n) is 7.59. The van der Waals surface area contributed by atoms with Crippen molar-refractivity contribution in [3.05, 3.63) is 48.1 Å². The molecule has 0 saturated carbocycles. The molecule has 60 valence electrons. The van der Waals surface area contributed by atoms with Crippen molar-refractivity contribution in [2.24, 2.45) is 0 Å². The summed E-state index contributed by atoms with van der Waals surface area (Å²) >= 11 is 0. The van der Waals surface area contributed by atoms with Crippen LogP contribution in [-0.2, 0) is 0 Å². The predicted molar refractivity (Wildman–Crippen MR) is 52.5 cm³/mol. The maximum atomic E-state index is 3.91. The second-order valence-corrected chi connectivity index (χ2v) is 2.40. The maximum Gasteiger partial charge on any atom is -0.0303 e. The predicted octanol–water partition coefficient (Wildman–Crippen LogP) is 3.64. The highest BCUT2D eigenvalue weighted by Crippen LogP contribution is 2.07. The van der Waals surface area contributed by atoms with Crippen LogP contribution in [0.1, 0.15) is 20.8 Å². The molecule has 0 aromatic carbocycles. The molecule has 0 aliphatic rings. The van der Waals surface area contributed by atoms with Crippen molar-refractivity contribution in [2.45, 2.75) is 20.8 Å². The molecule has 0 heteroatoms. The highest BCUT2D eigenvalue weighted by atomic mass is 13.9. The minimum absolute atomic E-state index is 1.07. The van der Waals surface area contributed by atoms with E-state index in [0.29, 0.717) is 0 Å². The second kappa shape index (κ2) is 5.72. The molecule has 0 amide bonds. The summed E-state index contributed by atoms with van der Waals surface area (Å²) < 4.78 is 0. The summed E-state index contributed by atoms with van der Waals surface area (Å²) in [5, 5.41) is 0. The van der Waals surface area contributed by atoms with Gasteiger partial charge in [-0.25, -0.2) is 0 Å². The number of allylic oxidation sites excluding steroid dienone is 7. The Kier molecular flexibility index (Phi) is 5.18. The Morgan fingerprint density at radius 1 is 1.18 bits per heavy atom. The van der Waals surface area contributed by atoms with E-state index in [1.54, 1.807) is 0 Å². The molecule has 0 nitrogen and oxygen atoms in total. The van der Waals surface area contributed by atoms with E-state index in [0.717, 1.165) is 5.57 Å². The summed E-state index contributed by atoms with van der Waals surface area (Å²) in [6.45, 7) is 9.96. The van der Waals surface area contributed by atoms with E-state index >= 15 is 0 Å². The SMILES string of the molecule is C=C(/C=C\C)/C(C)=C/C=C\C. The first-order valence-electron chi connectivity index (χ1n) is 3.84. The maximum absolute atomic E-state index is 3.91. The lowest BCUT2D eigenvalue weighted by molar-refractivity contribution is 1.43. The van der Waals surface area contributed by atoms with Crippen molar-refractivity contribution in [1.82, 2.24) is 0 Å². The molecule has 0 saturated heterocycles.